The fraction of sp³-hybridized carbons (Fsp3) is 0.286. The Morgan fingerprint density at radius 1 is 1.25 bits per heavy atom. The van der Waals surface area contributed by atoms with Gasteiger partial charge in [-0.25, -0.2) is 9.37 Å². The maximum absolute atomic E-state index is 13.8. The number of nitrogens with one attached hydrogen (secondary N) is 1. The Hall–Kier alpha value is -1.69. The molecule has 0 saturated heterocycles. The lowest BCUT2D eigenvalue weighted by Crippen LogP contribution is -2.03. The molecule has 2 rings (SSSR count). The molecular formula is C14H15BrFN3O. The van der Waals surface area contributed by atoms with Crippen LogP contribution in [0.25, 0.3) is 0 Å². The normalized spacial score (nSPS) is 10.7. The molecule has 1 heterocycles. The summed E-state index contributed by atoms with van der Waals surface area (Å²) in [5, 5.41) is 2.94. The van der Waals surface area contributed by atoms with Crippen LogP contribution in [0.1, 0.15) is 25.6 Å². The van der Waals surface area contributed by atoms with Crippen molar-refractivity contribution in [2.75, 3.05) is 12.4 Å². The third-order valence-electron chi connectivity index (χ3n) is 2.60. The summed E-state index contributed by atoms with van der Waals surface area (Å²) < 4.78 is 19.9. The smallest absolute Gasteiger partial charge is 0.224 e. The van der Waals surface area contributed by atoms with Crippen molar-refractivity contribution < 1.29 is 9.13 Å². The zero-order valence-corrected chi connectivity index (χ0v) is 13.0. The van der Waals surface area contributed by atoms with Gasteiger partial charge in [-0.2, -0.15) is 4.98 Å². The Morgan fingerprint density at radius 2 is 2.00 bits per heavy atom. The fourth-order valence-corrected chi connectivity index (χ4v) is 1.89. The largest absolute Gasteiger partial charge is 0.436 e. The molecule has 6 heteroatoms. The Labute approximate surface area is 125 Å². The van der Waals surface area contributed by atoms with Crippen LogP contribution in [0.2, 0.25) is 0 Å². The van der Waals surface area contributed by atoms with Crippen molar-refractivity contribution >= 4 is 21.7 Å². The topological polar surface area (TPSA) is 47.0 Å². The molecule has 2 aromatic rings. The van der Waals surface area contributed by atoms with Crippen LogP contribution in [0, 0.1) is 5.82 Å². The summed E-state index contributed by atoms with van der Waals surface area (Å²) in [7, 11) is 1.76. The SMILES string of the molecule is CNc1cc(Oc2ccc(Br)cc2F)nc(C(C)C)n1. The van der Waals surface area contributed by atoms with Crippen LogP contribution < -0.4 is 10.1 Å². The van der Waals surface area contributed by atoms with E-state index in [0.29, 0.717) is 22.0 Å². The van der Waals surface area contributed by atoms with E-state index in [1.165, 1.54) is 6.07 Å². The number of hydrogen-bond acceptors (Lipinski definition) is 4. The average molecular weight is 340 g/mol. The Balaban J connectivity index is 2.34. The van der Waals surface area contributed by atoms with E-state index in [1.54, 1.807) is 25.2 Å². The third kappa shape index (κ3) is 3.45. The van der Waals surface area contributed by atoms with E-state index in [1.807, 2.05) is 13.8 Å². The summed E-state index contributed by atoms with van der Waals surface area (Å²) in [4.78, 5) is 8.61. The van der Waals surface area contributed by atoms with Crippen molar-refractivity contribution in [3.63, 3.8) is 0 Å². The molecule has 1 aromatic heterocycles. The predicted octanol–water partition coefficient (Wildman–Crippen LogP) is 4.34. The summed E-state index contributed by atoms with van der Waals surface area (Å²) in [5.41, 5.74) is 0. The summed E-state index contributed by atoms with van der Waals surface area (Å²) in [6.45, 7) is 3.97. The Bertz CT molecular complexity index is 619. The number of hydrogen-bond donors (Lipinski definition) is 1. The molecule has 0 atom stereocenters. The van der Waals surface area contributed by atoms with E-state index in [2.05, 4.69) is 31.2 Å². The lowest BCUT2D eigenvalue weighted by molar-refractivity contribution is 0.423. The van der Waals surface area contributed by atoms with E-state index in [9.17, 15) is 4.39 Å². The predicted molar refractivity (Wildman–Crippen MR) is 79.8 cm³/mol. The van der Waals surface area contributed by atoms with Crippen molar-refractivity contribution in [3.05, 3.63) is 40.4 Å². The van der Waals surface area contributed by atoms with Gasteiger partial charge in [-0.3, -0.25) is 0 Å². The second-order valence-corrected chi connectivity index (χ2v) is 5.45. The number of aromatic nitrogens is 2. The fourth-order valence-electron chi connectivity index (χ4n) is 1.55. The molecule has 1 N–H and O–H groups in total. The van der Waals surface area contributed by atoms with Crippen LogP contribution in [0.4, 0.5) is 10.2 Å². The summed E-state index contributed by atoms with van der Waals surface area (Å²) in [5.74, 6) is 1.43. The highest BCUT2D eigenvalue weighted by Crippen LogP contribution is 2.27. The molecule has 0 spiro atoms. The highest BCUT2D eigenvalue weighted by Gasteiger charge is 2.11. The molecule has 0 aliphatic rings. The highest BCUT2D eigenvalue weighted by atomic mass is 79.9. The molecule has 0 aliphatic carbocycles. The second-order valence-electron chi connectivity index (χ2n) is 4.53. The first-order valence-corrected chi connectivity index (χ1v) is 6.98. The first-order valence-electron chi connectivity index (χ1n) is 6.19. The highest BCUT2D eigenvalue weighted by molar-refractivity contribution is 9.10. The zero-order chi connectivity index (χ0) is 14.7. The number of rotatable bonds is 4. The van der Waals surface area contributed by atoms with Crippen LogP contribution in [-0.4, -0.2) is 17.0 Å². The van der Waals surface area contributed by atoms with Gasteiger partial charge in [-0.15, -0.1) is 0 Å². The molecule has 0 unspecified atom stereocenters. The van der Waals surface area contributed by atoms with E-state index < -0.39 is 5.82 Å². The first-order chi connectivity index (χ1) is 9.49. The van der Waals surface area contributed by atoms with Crippen LogP contribution in [0.3, 0.4) is 0 Å². The Kier molecular flexibility index (Phi) is 4.54. The van der Waals surface area contributed by atoms with Gasteiger partial charge in [-0.1, -0.05) is 29.8 Å². The molecule has 1 aromatic carbocycles. The summed E-state index contributed by atoms with van der Waals surface area (Å²) in [6, 6.07) is 6.24. The quantitative estimate of drug-likeness (QED) is 0.900. The molecule has 4 nitrogen and oxygen atoms in total. The zero-order valence-electron chi connectivity index (χ0n) is 11.4. The monoisotopic (exact) mass is 339 g/mol. The van der Waals surface area contributed by atoms with E-state index in [4.69, 9.17) is 4.74 Å². The van der Waals surface area contributed by atoms with E-state index >= 15 is 0 Å². The molecule has 0 bridgehead atoms. The van der Waals surface area contributed by atoms with Gasteiger partial charge in [0.05, 0.1) is 0 Å². The number of halogens is 2. The molecular weight excluding hydrogens is 325 g/mol. The van der Waals surface area contributed by atoms with Crippen LogP contribution in [-0.2, 0) is 0 Å². The number of ether oxygens (including phenoxy) is 1. The van der Waals surface area contributed by atoms with Gasteiger partial charge in [-0.05, 0) is 18.2 Å². The van der Waals surface area contributed by atoms with Gasteiger partial charge in [0.2, 0.25) is 5.88 Å². The van der Waals surface area contributed by atoms with Crippen molar-refractivity contribution in [2.45, 2.75) is 19.8 Å². The minimum atomic E-state index is -0.449. The lowest BCUT2D eigenvalue weighted by atomic mass is 10.2. The molecule has 0 aliphatic heterocycles. The minimum absolute atomic E-state index is 0.128. The molecule has 0 saturated carbocycles. The molecule has 0 radical (unpaired) electrons. The second kappa shape index (κ2) is 6.17. The number of benzene rings is 1. The summed E-state index contributed by atoms with van der Waals surface area (Å²) >= 11 is 3.20. The van der Waals surface area contributed by atoms with Gasteiger partial charge in [0.15, 0.2) is 11.6 Å². The Morgan fingerprint density at radius 3 is 2.60 bits per heavy atom. The van der Waals surface area contributed by atoms with E-state index in [0.717, 1.165) is 0 Å². The first kappa shape index (κ1) is 14.7. The van der Waals surface area contributed by atoms with Gasteiger partial charge in [0.1, 0.15) is 11.6 Å². The lowest BCUT2D eigenvalue weighted by Gasteiger charge is -2.11. The standard InChI is InChI=1S/C14H15BrFN3O/c1-8(2)14-18-12(17-3)7-13(19-14)20-11-5-4-9(15)6-10(11)16/h4-8H,1-3H3,(H,17,18,19). The average Bonchev–Trinajstić information content (AvgIpc) is 2.41. The van der Waals surface area contributed by atoms with Crippen molar-refractivity contribution in [3.8, 4) is 11.6 Å². The summed E-state index contributed by atoms with van der Waals surface area (Å²) in [6.07, 6.45) is 0. The molecule has 106 valence electrons. The number of nitrogens with zero attached hydrogens (tertiary/aromatic N) is 2. The van der Waals surface area contributed by atoms with E-state index in [-0.39, 0.29) is 11.7 Å². The maximum atomic E-state index is 13.8. The van der Waals surface area contributed by atoms with Gasteiger partial charge in [0.25, 0.3) is 0 Å². The van der Waals surface area contributed by atoms with Gasteiger partial charge < -0.3 is 10.1 Å². The van der Waals surface area contributed by atoms with Crippen molar-refractivity contribution in [2.24, 2.45) is 0 Å². The van der Waals surface area contributed by atoms with Gasteiger partial charge in [0, 0.05) is 23.5 Å². The van der Waals surface area contributed by atoms with Crippen LogP contribution in [0.15, 0.2) is 28.7 Å². The minimum Gasteiger partial charge on any atom is -0.436 e. The molecule has 20 heavy (non-hydrogen) atoms. The molecule has 0 fully saturated rings. The number of anilines is 1. The molecule has 0 amide bonds. The van der Waals surface area contributed by atoms with Gasteiger partial charge >= 0.3 is 0 Å². The third-order valence-corrected chi connectivity index (χ3v) is 3.09. The van der Waals surface area contributed by atoms with Crippen molar-refractivity contribution in [1.29, 1.82) is 0 Å². The van der Waals surface area contributed by atoms with Crippen LogP contribution >= 0.6 is 15.9 Å². The van der Waals surface area contributed by atoms with Crippen LogP contribution in [0.5, 0.6) is 11.6 Å². The van der Waals surface area contributed by atoms with Crippen molar-refractivity contribution in [1.82, 2.24) is 9.97 Å². The maximum Gasteiger partial charge on any atom is 0.224 e.